The minimum atomic E-state index is -0.810. The normalized spacial score (nSPS) is 19.4. The molecule has 0 aliphatic heterocycles. The van der Waals surface area contributed by atoms with E-state index in [2.05, 4.69) is 4.98 Å². The van der Waals surface area contributed by atoms with E-state index >= 15 is 0 Å². The zero-order chi connectivity index (χ0) is 20.9. The van der Waals surface area contributed by atoms with Crippen molar-refractivity contribution in [2.75, 3.05) is 0 Å². The maximum absolute atomic E-state index is 15.0. The summed E-state index contributed by atoms with van der Waals surface area (Å²) in [4.78, 5) is 15.9. The van der Waals surface area contributed by atoms with E-state index in [-0.39, 0.29) is 30.7 Å². The molecule has 1 aliphatic carbocycles. The molecule has 0 spiro atoms. The summed E-state index contributed by atoms with van der Waals surface area (Å²) in [5.74, 6) is -0.751. The molecule has 1 saturated carbocycles. The molecule has 0 saturated heterocycles. The number of aliphatic carboxylic acids is 1. The van der Waals surface area contributed by atoms with Gasteiger partial charge in [-0.3, -0.25) is 4.79 Å². The van der Waals surface area contributed by atoms with Crippen LogP contribution in [-0.2, 0) is 11.4 Å². The van der Waals surface area contributed by atoms with E-state index in [0.29, 0.717) is 11.3 Å². The van der Waals surface area contributed by atoms with Crippen LogP contribution in [0.3, 0.4) is 0 Å². The Morgan fingerprint density at radius 1 is 1.07 bits per heavy atom. The van der Waals surface area contributed by atoms with E-state index < -0.39 is 5.97 Å². The second-order valence-corrected chi connectivity index (χ2v) is 8.07. The molecule has 4 nitrogen and oxygen atoms in total. The third kappa shape index (κ3) is 4.78. The molecule has 1 aromatic heterocycles. The molecular weight excluding hydrogens is 381 g/mol. The number of ether oxygens (including phenoxy) is 1. The quantitative estimate of drug-likeness (QED) is 0.502. The Bertz CT molecular complexity index is 1040. The summed E-state index contributed by atoms with van der Waals surface area (Å²) in [6, 6.07) is 16.7. The molecule has 3 aromatic rings. The van der Waals surface area contributed by atoms with Crippen LogP contribution in [0.2, 0.25) is 0 Å². The van der Waals surface area contributed by atoms with Crippen LogP contribution in [0.25, 0.3) is 10.9 Å². The number of carbonyl (C=O) groups is 1. The fourth-order valence-electron chi connectivity index (χ4n) is 4.51. The van der Waals surface area contributed by atoms with E-state index in [1.54, 1.807) is 12.1 Å². The van der Waals surface area contributed by atoms with Crippen molar-refractivity contribution in [1.82, 2.24) is 4.98 Å². The second kappa shape index (κ2) is 9.24. The van der Waals surface area contributed by atoms with E-state index in [1.807, 2.05) is 36.4 Å². The van der Waals surface area contributed by atoms with Gasteiger partial charge in [0.15, 0.2) is 0 Å². The van der Waals surface area contributed by atoms with E-state index in [0.717, 1.165) is 48.7 Å². The average Bonchev–Trinajstić information content (AvgIpc) is 2.97. The molecule has 2 unspecified atom stereocenters. The van der Waals surface area contributed by atoms with Gasteiger partial charge in [0.05, 0.1) is 11.2 Å². The van der Waals surface area contributed by atoms with Crippen molar-refractivity contribution in [2.45, 2.75) is 51.0 Å². The number of fused-ring (bicyclic) bond motifs is 1. The largest absolute Gasteiger partial charge is 0.487 e. The van der Waals surface area contributed by atoms with Gasteiger partial charge in [-0.1, -0.05) is 49.6 Å². The Kier molecular flexibility index (Phi) is 6.26. The summed E-state index contributed by atoms with van der Waals surface area (Å²) >= 11 is 0. The van der Waals surface area contributed by atoms with Crippen LogP contribution in [-0.4, -0.2) is 16.1 Å². The highest BCUT2D eigenvalue weighted by Crippen LogP contribution is 2.40. The first kappa shape index (κ1) is 20.3. The number of nitrogens with zero attached hydrogens (tertiary/aromatic N) is 1. The first-order valence-electron chi connectivity index (χ1n) is 10.6. The molecule has 1 N–H and O–H groups in total. The van der Waals surface area contributed by atoms with Crippen molar-refractivity contribution in [3.63, 3.8) is 0 Å². The summed E-state index contributed by atoms with van der Waals surface area (Å²) < 4.78 is 20.8. The third-order valence-electron chi connectivity index (χ3n) is 6.01. The fourth-order valence-corrected chi connectivity index (χ4v) is 4.51. The van der Waals surface area contributed by atoms with Crippen LogP contribution in [0, 0.1) is 11.7 Å². The maximum atomic E-state index is 15.0. The molecule has 1 fully saturated rings. The van der Waals surface area contributed by atoms with Crippen LogP contribution in [0.1, 0.15) is 55.7 Å². The van der Waals surface area contributed by atoms with Gasteiger partial charge in [-0.15, -0.1) is 0 Å². The monoisotopic (exact) mass is 407 g/mol. The van der Waals surface area contributed by atoms with E-state index in [9.17, 15) is 14.3 Å². The molecule has 2 atom stereocenters. The zero-order valence-electron chi connectivity index (χ0n) is 16.9. The summed E-state index contributed by atoms with van der Waals surface area (Å²) in [6.45, 7) is 0.259. The molecule has 0 amide bonds. The van der Waals surface area contributed by atoms with Crippen molar-refractivity contribution < 1.29 is 19.0 Å². The molecule has 0 radical (unpaired) electrons. The highest BCUT2D eigenvalue weighted by molar-refractivity contribution is 5.78. The smallest absolute Gasteiger partial charge is 0.303 e. The van der Waals surface area contributed by atoms with Gasteiger partial charge in [-0.25, -0.2) is 9.37 Å². The van der Waals surface area contributed by atoms with Gasteiger partial charge in [0, 0.05) is 17.9 Å². The highest BCUT2D eigenvalue weighted by atomic mass is 19.1. The Labute approximate surface area is 175 Å². The highest BCUT2D eigenvalue weighted by Gasteiger charge is 2.29. The number of hydrogen-bond acceptors (Lipinski definition) is 3. The van der Waals surface area contributed by atoms with Crippen molar-refractivity contribution in [2.24, 2.45) is 5.92 Å². The molecule has 156 valence electrons. The number of hydrogen-bond donors (Lipinski definition) is 1. The standard InChI is InChI=1S/C25H26FNO3/c26-23-15-20(30-16-19-11-10-17-6-4-5-9-24(17)27-19)12-13-22(23)21-8-3-1-2-7-18(21)14-25(28)29/h4-6,9-13,15,18,21H,1-3,7-8,14,16H2,(H,28,29). The van der Waals surface area contributed by atoms with Crippen molar-refractivity contribution in [3.05, 3.63) is 71.7 Å². The number of carboxylic acid groups (broad SMARTS) is 1. The SMILES string of the molecule is O=C(O)CC1CCCCCC1c1ccc(OCc2ccc3ccccc3n2)cc1F. The van der Waals surface area contributed by atoms with Crippen molar-refractivity contribution in [3.8, 4) is 5.75 Å². The molecule has 4 rings (SSSR count). The van der Waals surface area contributed by atoms with Crippen LogP contribution in [0.4, 0.5) is 4.39 Å². The molecule has 2 aromatic carbocycles. The number of carboxylic acids is 1. The lowest BCUT2D eigenvalue weighted by atomic mass is 9.80. The van der Waals surface area contributed by atoms with Crippen molar-refractivity contribution in [1.29, 1.82) is 0 Å². The Balaban J connectivity index is 1.48. The van der Waals surface area contributed by atoms with Gasteiger partial charge in [0.2, 0.25) is 0 Å². The van der Waals surface area contributed by atoms with Gasteiger partial charge < -0.3 is 9.84 Å². The summed E-state index contributed by atoms with van der Waals surface area (Å²) in [7, 11) is 0. The summed E-state index contributed by atoms with van der Waals surface area (Å²) in [5, 5.41) is 10.3. The number of benzene rings is 2. The lowest BCUT2D eigenvalue weighted by Gasteiger charge is -2.25. The number of aromatic nitrogens is 1. The van der Waals surface area contributed by atoms with E-state index in [4.69, 9.17) is 4.74 Å². The van der Waals surface area contributed by atoms with Crippen LogP contribution >= 0.6 is 0 Å². The number of rotatable bonds is 6. The molecule has 30 heavy (non-hydrogen) atoms. The van der Waals surface area contributed by atoms with Crippen LogP contribution < -0.4 is 4.74 Å². The van der Waals surface area contributed by atoms with Crippen molar-refractivity contribution >= 4 is 16.9 Å². The summed E-state index contributed by atoms with van der Waals surface area (Å²) in [5.41, 5.74) is 2.29. The Morgan fingerprint density at radius 3 is 2.73 bits per heavy atom. The Hall–Kier alpha value is -2.95. The van der Waals surface area contributed by atoms with Gasteiger partial charge in [-0.2, -0.15) is 0 Å². The molecule has 1 aliphatic rings. The number of halogens is 1. The van der Waals surface area contributed by atoms with Crippen LogP contribution in [0.15, 0.2) is 54.6 Å². The van der Waals surface area contributed by atoms with Gasteiger partial charge in [0.25, 0.3) is 0 Å². The maximum Gasteiger partial charge on any atom is 0.303 e. The molecular formula is C25H26FNO3. The molecule has 1 heterocycles. The second-order valence-electron chi connectivity index (χ2n) is 8.07. The first-order chi connectivity index (χ1) is 14.6. The number of pyridine rings is 1. The fraction of sp³-hybridized carbons (Fsp3) is 0.360. The minimum Gasteiger partial charge on any atom is -0.487 e. The Morgan fingerprint density at radius 2 is 1.90 bits per heavy atom. The van der Waals surface area contributed by atoms with Gasteiger partial charge in [-0.05, 0) is 48.4 Å². The zero-order valence-corrected chi connectivity index (χ0v) is 16.9. The van der Waals surface area contributed by atoms with E-state index in [1.165, 1.54) is 6.07 Å². The topological polar surface area (TPSA) is 59.4 Å². The lowest BCUT2D eigenvalue weighted by molar-refractivity contribution is -0.138. The number of para-hydroxylation sites is 1. The predicted octanol–water partition coefficient (Wildman–Crippen LogP) is 6.09. The minimum absolute atomic E-state index is 0.0203. The van der Waals surface area contributed by atoms with Gasteiger partial charge >= 0.3 is 5.97 Å². The van der Waals surface area contributed by atoms with Gasteiger partial charge in [0.1, 0.15) is 18.2 Å². The first-order valence-corrected chi connectivity index (χ1v) is 10.6. The van der Waals surface area contributed by atoms with Crippen LogP contribution in [0.5, 0.6) is 5.75 Å². The average molecular weight is 407 g/mol. The lowest BCUT2D eigenvalue weighted by Crippen LogP contribution is -2.17. The molecule has 5 heteroatoms. The predicted molar refractivity (Wildman–Crippen MR) is 114 cm³/mol. The third-order valence-corrected chi connectivity index (χ3v) is 6.01. The summed E-state index contributed by atoms with van der Waals surface area (Å²) in [6.07, 6.45) is 4.85. The molecule has 0 bridgehead atoms.